The van der Waals surface area contributed by atoms with Crippen LogP contribution in [-0.4, -0.2) is 70.0 Å². The molecule has 0 bridgehead atoms. The van der Waals surface area contributed by atoms with Gasteiger partial charge in [0.05, 0.1) is 27.7 Å². The van der Waals surface area contributed by atoms with Crippen molar-refractivity contribution in [1.29, 1.82) is 0 Å². The standard InChI is InChI=1S/C17H34NO8P/c1-6-8-10-17(20)26-15(13-23-16(19)9-7-2)14-25-27(21,22)24-12-11-18(3,4)5/h15H,6-14H2,1-5H3. The number of rotatable bonds is 15. The van der Waals surface area contributed by atoms with E-state index in [-0.39, 0.29) is 26.1 Å². The minimum absolute atomic E-state index is 0.0310. The maximum absolute atomic E-state index is 11.8. The van der Waals surface area contributed by atoms with Crippen molar-refractivity contribution in [2.45, 2.75) is 52.1 Å². The van der Waals surface area contributed by atoms with Crippen LogP contribution >= 0.6 is 7.82 Å². The highest BCUT2D eigenvalue weighted by atomic mass is 31.2. The van der Waals surface area contributed by atoms with Gasteiger partial charge in [0.15, 0.2) is 6.10 Å². The Morgan fingerprint density at radius 2 is 1.67 bits per heavy atom. The number of esters is 2. The quantitative estimate of drug-likeness (QED) is 0.227. The Morgan fingerprint density at radius 3 is 2.22 bits per heavy atom. The van der Waals surface area contributed by atoms with Gasteiger partial charge in [-0.15, -0.1) is 0 Å². The molecule has 27 heavy (non-hydrogen) atoms. The van der Waals surface area contributed by atoms with Crippen LogP contribution < -0.4 is 4.89 Å². The van der Waals surface area contributed by atoms with E-state index >= 15 is 0 Å². The Hall–Kier alpha value is -0.990. The summed E-state index contributed by atoms with van der Waals surface area (Å²) in [5, 5.41) is 0. The molecule has 0 heterocycles. The summed E-state index contributed by atoms with van der Waals surface area (Å²) in [4.78, 5) is 35.1. The van der Waals surface area contributed by atoms with Crippen molar-refractivity contribution in [2.24, 2.45) is 0 Å². The van der Waals surface area contributed by atoms with Crippen molar-refractivity contribution in [2.75, 3.05) is 47.5 Å². The van der Waals surface area contributed by atoms with Crippen molar-refractivity contribution in [3.63, 3.8) is 0 Å². The fourth-order valence-electron chi connectivity index (χ4n) is 1.78. The first-order chi connectivity index (χ1) is 12.5. The van der Waals surface area contributed by atoms with Crippen LogP contribution in [0.25, 0.3) is 0 Å². The number of phosphoric acid groups is 1. The summed E-state index contributed by atoms with van der Waals surface area (Å²) >= 11 is 0. The van der Waals surface area contributed by atoms with E-state index in [0.29, 0.717) is 23.9 Å². The molecule has 0 aliphatic heterocycles. The van der Waals surface area contributed by atoms with Crippen molar-refractivity contribution in [1.82, 2.24) is 0 Å². The van der Waals surface area contributed by atoms with Crippen LogP contribution in [0.5, 0.6) is 0 Å². The number of hydrogen-bond donors (Lipinski definition) is 0. The summed E-state index contributed by atoms with van der Waals surface area (Å²) in [6.45, 7) is 3.46. The summed E-state index contributed by atoms with van der Waals surface area (Å²) in [6.07, 6.45) is 1.50. The molecule has 0 fully saturated rings. The Labute approximate surface area is 162 Å². The van der Waals surface area contributed by atoms with Crippen molar-refractivity contribution in [3.8, 4) is 0 Å². The normalized spacial score (nSPS) is 15.0. The molecule has 0 aromatic carbocycles. The lowest BCUT2D eigenvalue weighted by atomic mass is 10.2. The second-order valence-electron chi connectivity index (χ2n) is 7.24. The molecule has 9 nitrogen and oxygen atoms in total. The molecule has 0 radical (unpaired) electrons. The predicted octanol–water partition coefficient (Wildman–Crippen LogP) is 1.64. The lowest BCUT2D eigenvalue weighted by Crippen LogP contribution is -2.37. The highest BCUT2D eigenvalue weighted by Gasteiger charge is 2.21. The second-order valence-corrected chi connectivity index (χ2v) is 8.65. The van der Waals surface area contributed by atoms with Crippen molar-refractivity contribution in [3.05, 3.63) is 0 Å². The molecule has 0 saturated carbocycles. The SMILES string of the molecule is CCCCC(=O)OC(COC(=O)CCC)COP(=O)([O-])OCC[N+](C)(C)C. The van der Waals surface area contributed by atoms with E-state index in [9.17, 15) is 19.0 Å². The zero-order valence-electron chi connectivity index (χ0n) is 17.1. The van der Waals surface area contributed by atoms with Crippen LogP contribution in [0.15, 0.2) is 0 Å². The summed E-state index contributed by atoms with van der Waals surface area (Å²) in [7, 11) is 1.15. The van der Waals surface area contributed by atoms with Gasteiger partial charge < -0.3 is 27.9 Å². The van der Waals surface area contributed by atoms with Gasteiger partial charge in [0, 0.05) is 12.8 Å². The van der Waals surface area contributed by atoms with E-state index in [1.54, 1.807) is 0 Å². The Balaban J connectivity index is 4.59. The molecule has 10 heteroatoms. The minimum atomic E-state index is -4.55. The average molecular weight is 411 g/mol. The zero-order chi connectivity index (χ0) is 20.9. The third-order valence-electron chi connectivity index (χ3n) is 3.35. The number of likely N-dealkylation sites (N-methyl/N-ethyl adjacent to an activating group) is 1. The van der Waals surface area contributed by atoms with Gasteiger partial charge in [-0.05, 0) is 12.8 Å². The fraction of sp³-hybridized carbons (Fsp3) is 0.882. The largest absolute Gasteiger partial charge is 0.756 e. The summed E-state index contributed by atoms with van der Waals surface area (Å²) in [6, 6.07) is 0. The first kappa shape index (κ1) is 26.0. The first-order valence-electron chi connectivity index (χ1n) is 9.24. The van der Waals surface area contributed by atoms with E-state index in [1.165, 1.54) is 0 Å². The molecule has 0 aliphatic rings. The Morgan fingerprint density at radius 1 is 1.00 bits per heavy atom. The third-order valence-corrected chi connectivity index (χ3v) is 4.31. The summed E-state index contributed by atoms with van der Waals surface area (Å²) in [5.74, 6) is -0.944. The highest BCUT2D eigenvalue weighted by molar-refractivity contribution is 7.45. The number of unbranched alkanes of at least 4 members (excludes halogenated alkanes) is 1. The van der Waals surface area contributed by atoms with Gasteiger partial charge in [-0.3, -0.25) is 14.2 Å². The van der Waals surface area contributed by atoms with Crippen LogP contribution in [-0.2, 0) is 32.7 Å². The van der Waals surface area contributed by atoms with Gasteiger partial charge in [0.1, 0.15) is 19.8 Å². The average Bonchev–Trinajstić information content (AvgIpc) is 2.54. The molecule has 2 unspecified atom stereocenters. The number of ether oxygens (including phenoxy) is 2. The molecule has 2 atom stereocenters. The molecular formula is C17H34NO8P. The Kier molecular flexibility index (Phi) is 12.7. The monoisotopic (exact) mass is 411 g/mol. The Bertz CT molecular complexity index is 492. The van der Waals surface area contributed by atoms with Crippen molar-refractivity contribution >= 4 is 19.8 Å². The minimum Gasteiger partial charge on any atom is -0.756 e. The maximum Gasteiger partial charge on any atom is 0.306 e. The number of phosphoric ester groups is 1. The number of carbonyl (C=O) groups is 2. The maximum atomic E-state index is 11.8. The topological polar surface area (TPSA) is 111 Å². The number of hydrogen-bond acceptors (Lipinski definition) is 8. The molecule has 160 valence electrons. The molecule has 0 spiro atoms. The molecule has 0 amide bonds. The van der Waals surface area contributed by atoms with Gasteiger partial charge in [-0.1, -0.05) is 20.3 Å². The molecular weight excluding hydrogens is 377 g/mol. The van der Waals surface area contributed by atoms with Gasteiger partial charge >= 0.3 is 11.9 Å². The van der Waals surface area contributed by atoms with Crippen LogP contribution in [0.2, 0.25) is 0 Å². The summed E-state index contributed by atoms with van der Waals surface area (Å²) < 4.78 is 32.2. The van der Waals surface area contributed by atoms with Crippen LogP contribution in [0.4, 0.5) is 0 Å². The molecule has 0 aromatic heterocycles. The molecule has 0 aliphatic carbocycles. The third kappa shape index (κ3) is 15.7. The van der Waals surface area contributed by atoms with Gasteiger partial charge in [-0.2, -0.15) is 0 Å². The van der Waals surface area contributed by atoms with E-state index in [1.807, 2.05) is 35.0 Å². The van der Waals surface area contributed by atoms with E-state index in [0.717, 1.165) is 6.42 Å². The van der Waals surface area contributed by atoms with Crippen LogP contribution in [0, 0.1) is 0 Å². The number of nitrogens with zero attached hydrogens (tertiary/aromatic N) is 1. The van der Waals surface area contributed by atoms with E-state index in [2.05, 4.69) is 0 Å². The summed E-state index contributed by atoms with van der Waals surface area (Å²) in [5.41, 5.74) is 0. The second kappa shape index (κ2) is 13.2. The molecule has 0 aromatic rings. The smallest absolute Gasteiger partial charge is 0.306 e. The highest BCUT2D eigenvalue weighted by Crippen LogP contribution is 2.38. The lowest BCUT2D eigenvalue weighted by molar-refractivity contribution is -0.870. The number of quaternary nitrogens is 1. The lowest BCUT2D eigenvalue weighted by Gasteiger charge is -2.28. The van der Waals surface area contributed by atoms with Crippen LogP contribution in [0.3, 0.4) is 0 Å². The first-order valence-corrected chi connectivity index (χ1v) is 10.7. The fourth-order valence-corrected chi connectivity index (χ4v) is 2.51. The molecule has 0 N–H and O–H groups in total. The van der Waals surface area contributed by atoms with Gasteiger partial charge in [-0.25, -0.2) is 0 Å². The van der Waals surface area contributed by atoms with Gasteiger partial charge in [0.2, 0.25) is 0 Å². The van der Waals surface area contributed by atoms with Crippen LogP contribution in [0.1, 0.15) is 46.0 Å². The van der Waals surface area contributed by atoms with E-state index < -0.39 is 32.5 Å². The predicted molar refractivity (Wildman–Crippen MR) is 97.7 cm³/mol. The van der Waals surface area contributed by atoms with Gasteiger partial charge in [0.25, 0.3) is 7.82 Å². The molecule has 0 saturated heterocycles. The van der Waals surface area contributed by atoms with Crippen molar-refractivity contribution < 1.29 is 42.1 Å². The number of carbonyl (C=O) groups excluding carboxylic acids is 2. The zero-order valence-corrected chi connectivity index (χ0v) is 18.0. The molecule has 0 rings (SSSR count). The van der Waals surface area contributed by atoms with E-state index in [4.69, 9.17) is 18.5 Å².